The van der Waals surface area contributed by atoms with Crippen LogP contribution in [0.1, 0.15) is 33.2 Å². The molecule has 1 amide bonds. The van der Waals surface area contributed by atoms with Gasteiger partial charge in [0.25, 0.3) is 5.91 Å². The summed E-state index contributed by atoms with van der Waals surface area (Å²) in [7, 11) is 0. The second kappa shape index (κ2) is 5.63. The zero-order valence-corrected chi connectivity index (χ0v) is 12.5. The Morgan fingerprint density at radius 2 is 2.28 bits per heavy atom. The number of amides is 1. The van der Waals surface area contributed by atoms with E-state index in [9.17, 15) is 4.79 Å². The maximum absolute atomic E-state index is 12.0. The lowest BCUT2D eigenvalue weighted by Crippen LogP contribution is -2.25. The smallest absolute Gasteiger partial charge is 0.263 e. The third-order valence-corrected chi connectivity index (χ3v) is 3.95. The van der Waals surface area contributed by atoms with Crippen molar-refractivity contribution in [3.8, 4) is 0 Å². The minimum Gasteiger partial charge on any atom is -0.345 e. The molecule has 0 fully saturated rings. The fourth-order valence-electron chi connectivity index (χ4n) is 1.59. The quantitative estimate of drug-likeness (QED) is 0.935. The maximum Gasteiger partial charge on any atom is 0.263 e. The Morgan fingerprint density at radius 1 is 1.50 bits per heavy atom. The summed E-state index contributed by atoms with van der Waals surface area (Å²) in [5.74, 6) is -0.0759. The monoisotopic (exact) mass is 324 g/mol. The van der Waals surface area contributed by atoms with Crippen molar-refractivity contribution in [1.29, 1.82) is 0 Å². The zero-order valence-electron chi connectivity index (χ0n) is 10.1. The molecule has 1 heterocycles. The van der Waals surface area contributed by atoms with E-state index < -0.39 is 0 Å². The van der Waals surface area contributed by atoms with Crippen molar-refractivity contribution in [3.63, 3.8) is 0 Å². The largest absolute Gasteiger partial charge is 0.345 e. The number of rotatable bonds is 3. The van der Waals surface area contributed by atoms with Gasteiger partial charge in [-0.25, -0.2) is 4.98 Å². The molecule has 3 nitrogen and oxygen atoms in total. The molecule has 1 N–H and O–H groups in total. The average molecular weight is 325 g/mol. The van der Waals surface area contributed by atoms with Crippen LogP contribution in [0.2, 0.25) is 0 Å². The summed E-state index contributed by atoms with van der Waals surface area (Å²) in [4.78, 5) is 16.7. The summed E-state index contributed by atoms with van der Waals surface area (Å²) in [6, 6.07) is 7.89. The van der Waals surface area contributed by atoms with Gasteiger partial charge in [0.2, 0.25) is 0 Å². The molecule has 2 aromatic rings. The fourth-order valence-corrected chi connectivity index (χ4v) is 2.69. The topological polar surface area (TPSA) is 42.0 Å². The molecule has 0 aliphatic carbocycles. The molecule has 0 aliphatic heterocycles. The number of benzene rings is 1. The Hall–Kier alpha value is -1.20. The first kappa shape index (κ1) is 13.2. The summed E-state index contributed by atoms with van der Waals surface area (Å²) in [6.07, 6.45) is 1.61. The average Bonchev–Trinajstić information content (AvgIpc) is 2.76. The number of aryl methyl sites for hydroxylation is 1. The van der Waals surface area contributed by atoms with Crippen molar-refractivity contribution in [2.75, 3.05) is 0 Å². The Bertz CT molecular complexity index is 568. The highest BCUT2D eigenvalue weighted by Gasteiger charge is 2.13. The predicted octanol–water partition coefficient (Wildman–Crippen LogP) is 3.71. The zero-order chi connectivity index (χ0) is 13.1. The second-order valence-electron chi connectivity index (χ2n) is 3.99. The van der Waals surface area contributed by atoms with Gasteiger partial charge in [-0.2, -0.15) is 0 Å². The van der Waals surface area contributed by atoms with Crippen LogP contribution in [0.15, 0.2) is 34.9 Å². The summed E-state index contributed by atoms with van der Waals surface area (Å²) in [6.45, 7) is 3.85. The highest BCUT2D eigenvalue weighted by Crippen LogP contribution is 2.19. The summed E-state index contributed by atoms with van der Waals surface area (Å²) in [5.41, 5.74) is 1.07. The Morgan fingerprint density at radius 3 is 2.89 bits per heavy atom. The molecular formula is C13H13BrN2OS. The number of nitrogens with zero attached hydrogens (tertiary/aromatic N) is 1. The number of hydrogen-bond acceptors (Lipinski definition) is 3. The van der Waals surface area contributed by atoms with Crippen LogP contribution >= 0.6 is 27.3 Å². The third kappa shape index (κ3) is 3.17. The van der Waals surface area contributed by atoms with Crippen LogP contribution in [0.4, 0.5) is 0 Å². The van der Waals surface area contributed by atoms with Gasteiger partial charge in [0.15, 0.2) is 0 Å². The lowest BCUT2D eigenvalue weighted by molar-refractivity contribution is 0.0944. The minimum atomic E-state index is -0.0759. The molecule has 0 saturated heterocycles. The van der Waals surface area contributed by atoms with Crippen molar-refractivity contribution >= 4 is 33.2 Å². The molecule has 2 rings (SSSR count). The second-order valence-corrected chi connectivity index (χ2v) is 6.14. The SMILES string of the molecule is Cc1ncc(C(=O)NC(C)c2cccc(Br)c2)s1. The molecule has 1 aromatic carbocycles. The van der Waals surface area contributed by atoms with Crippen molar-refractivity contribution in [1.82, 2.24) is 10.3 Å². The highest BCUT2D eigenvalue weighted by molar-refractivity contribution is 9.10. The molecule has 0 saturated carbocycles. The highest BCUT2D eigenvalue weighted by atomic mass is 79.9. The first-order valence-electron chi connectivity index (χ1n) is 5.55. The van der Waals surface area contributed by atoms with Gasteiger partial charge in [-0.15, -0.1) is 11.3 Å². The van der Waals surface area contributed by atoms with E-state index in [1.807, 2.05) is 38.1 Å². The standard InChI is InChI=1S/C13H13BrN2OS/c1-8(10-4-3-5-11(14)6-10)16-13(17)12-7-15-9(2)18-12/h3-8H,1-2H3,(H,16,17). The predicted molar refractivity (Wildman–Crippen MR) is 76.9 cm³/mol. The molecule has 94 valence electrons. The molecular weight excluding hydrogens is 312 g/mol. The van der Waals surface area contributed by atoms with E-state index in [0.29, 0.717) is 4.88 Å². The Kier molecular flexibility index (Phi) is 4.14. The van der Waals surface area contributed by atoms with Crippen LogP contribution in [0.5, 0.6) is 0 Å². The molecule has 1 atom stereocenters. The molecule has 0 radical (unpaired) electrons. The first-order valence-corrected chi connectivity index (χ1v) is 7.16. The van der Waals surface area contributed by atoms with E-state index in [0.717, 1.165) is 15.0 Å². The Labute approximate surface area is 118 Å². The van der Waals surface area contributed by atoms with Gasteiger partial charge in [-0.3, -0.25) is 4.79 Å². The number of carbonyl (C=O) groups is 1. The number of nitrogens with one attached hydrogen (secondary N) is 1. The first-order chi connectivity index (χ1) is 8.56. The van der Waals surface area contributed by atoms with Gasteiger partial charge in [0.1, 0.15) is 4.88 Å². The van der Waals surface area contributed by atoms with E-state index in [1.54, 1.807) is 6.20 Å². The number of hydrogen-bond donors (Lipinski definition) is 1. The van der Waals surface area contributed by atoms with Crippen LogP contribution < -0.4 is 5.32 Å². The molecule has 5 heteroatoms. The molecule has 0 bridgehead atoms. The summed E-state index contributed by atoms with van der Waals surface area (Å²) >= 11 is 4.83. The minimum absolute atomic E-state index is 0.0302. The number of aromatic nitrogens is 1. The number of thiazole rings is 1. The van der Waals surface area contributed by atoms with Gasteiger partial charge < -0.3 is 5.32 Å². The van der Waals surface area contributed by atoms with Crippen LogP contribution in [-0.4, -0.2) is 10.9 Å². The van der Waals surface area contributed by atoms with Crippen molar-refractivity contribution in [2.24, 2.45) is 0 Å². The molecule has 0 aliphatic rings. The van der Waals surface area contributed by atoms with Gasteiger partial charge in [-0.05, 0) is 31.5 Å². The number of halogens is 1. The van der Waals surface area contributed by atoms with Gasteiger partial charge in [0, 0.05) is 4.47 Å². The lowest BCUT2D eigenvalue weighted by Gasteiger charge is -2.13. The maximum atomic E-state index is 12.0. The van der Waals surface area contributed by atoms with E-state index in [-0.39, 0.29) is 11.9 Å². The van der Waals surface area contributed by atoms with E-state index in [2.05, 4.69) is 26.2 Å². The van der Waals surface area contributed by atoms with Gasteiger partial charge in [-0.1, -0.05) is 28.1 Å². The Balaban J connectivity index is 2.07. The molecule has 18 heavy (non-hydrogen) atoms. The van der Waals surface area contributed by atoms with Crippen LogP contribution in [-0.2, 0) is 0 Å². The van der Waals surface area contributed by atoms with Crippen LogP contribution in [0, 0.1) is 6.92 Å². The van der Waals surface area contributed by atoms with Gasteiger partial charge >= 0.3 is 0 Å². The summed E-state index contributed by atoms with van der Waals surface area (Å²) in [5, 5.41) is 3.86. The normalized spacial score (nSPS) is 12.2. The van der Waals surface area contributed by atoms with Gasteiger partial charge in [0.05, 0.1) is 17.2 Å². The van der Waals surface area contributed by atoms with Crippen LogP contribution in [0.25, 0.3) is 0 Å². The van der Waals surface area contributed by atoms with Crippen LogP contribution in [0.3, 0.4) is 0 Å². The van der Waals surface area contributed by atoms with Crippen molar-refractivity contribution < 1.29 is 4.79 Å². The van der Waals surface area contributed by atoms with Crippen molar-refractivity contribution in [2.45, 2.75) is 19.9 Å². The molecule has 1 unspecified atom stereocenters. The summed E-state index contributed by atoms with van der Waals surface area (Å²) < 4.78 is 1.01. The molecule has 0 spiro atoms. The van der Waals surface area contributed by atoms with Crippen molar-refractivity contribution in [3.05, 3.63) is 50.4 Å². The fraction of sp³-hybridized carbons (Fsp3) is 0.231. The molecule has 1 aromatic heterocycles. The third-order valence-electron chi connectivity index (χ3n) is 2.54. The van der Waals surface area contributed by atoms with E-state index >= 15 is 0 Å². The van der Waals surface area contributed by atoms with E-state index in [1.165, 1.54) is 11.3 Å². The van der Waals surface area contributed by atoms with E-state index in [4.69, 9.17) is 0 Å². The lowest BCUT2D eigenvalue weighted by atomic mass is 10.1. The number of carbonyl (C=O) groups excluding carboxylic acids is 1.